The molecule has 21 heavy (non-hydrogen) atoms. The van der Waals surface area contributed by atoms with Crippen LogP contribution in [-0.4, -0.2) is 14.2 Å². The third-order valence-electron chi connectivity index (χ3n) is 3.61. The topological polar surface area (TPSA) is 21.3 Å². The van der Waals surface area contributed by atoms with Crippen molar-refractivity contribution in [1.29, 1.82) is 0 Å². The summed E-state index contributed by atoms with van der Waals surface area (Å²) in [6, 6.07) is 12.5. The van der Waals surface area contributed by atoms with Crippen LogP contribution in [0.15, 0.2) is 40.9 Å². The molecule has 0 fully saturated rings. The Kier molecular flexibility index (Phi) is 5.68. The SMILES string of the molecule is CNC(Cc1ccc(OC)c(Br)c1)c1ccc(Cl)cc1C. The molecule has 0 aliphatic carbocycles. The number of methoxy groups -OCH3 is 1. The molecule has 112 valence electrons. The van der Waals surface area contributed by atoms with Crippen LogP contribution in [0.4, 0.5) is 0 Å². The van der Waals surface area contributed by atoms with E-state index in [2.05, 4.69) is 46.4 Å². The third kappa shape index (κ3) is 4.00. The maximum atomic E-state index is 6.04. The minimum atomic E-state index is 0.252. The molecular weight excluding hydrogens is 350 g/mol. The Morgan fingerprint density at radius 3 is 2.57 bits per heavy atom. The number of hydrogen-bond donors (Lipinski definition) is 1. The summed E-state index contributed by atoms with van der Waals surface area (Å²) >= 11 is 9.58. The first kappa shape index (κ1) is 16.3. The molecule has 0 amide bonds. The second kappa shape index (κ2) is 7.30. The van der Waals surface area contributed by atoms with Crippen molar-refractivity contribution in [2.45, 2.75) is 19.4 Å². The molecular formula is C17H19BrClNO. The molecule has 0 aromatic heterocycles. The molecule has 0 saturated heterocycles. The van der Waals surface area contributed by atoms with Crippen molar-refractivity contribution < 1.29 is 4.74 Å². The van der Waals surface area contributed by atoms with Crippen molar-refractivity contribution >= 4 is 27.5 Å². The van der Waals surface area contributed by atoms with Gasteiger partial charge < -0.3 is 10.1 Å². The molecule has 2 rings (SSSR count). The summed E-state index contributed by atoms with van der Waals surface area (Å²) in [7, 11) is 3.66. The summed E-state index contributed by atoms with van der Waals surface area (Å²) < 4.78 is 6.25. The quantitative estimate of drug-likeness (QED) is 0.808. The van der Waals surface area contributed by atoms with Gasteiger partial charge in [-0.1, -0.05) is 23.7 Å². The van der Waals surface area contributed by atoms with E-state index in [0.717, 1.165) is 21.7 Å². The van der Waals surface area contributed by atoms with Crippen LogP contribution in [0.2, 0.25) is 5.02 Å². The lowest BCUT2D eigenvalue weighted by Crippen LogP contribution is -2.19. The fraction of sp³-hybridized carbons (Fsp3) is 0.294. The molecule has 1 N–H and O–H groups in total. The second-order valence-electron chi connectivity index (χ2n) is 5.02. The Morgan fingerprint density at radius 2 is 2.00 bits per heavy atom. The van der Waals surface area contributed by atoms with Gasteiger partial charge in [-0.25, -0.2) is 0 Å². The molecule has 0 saturated carbocycles. The molecule has 0 bridgehead atoms. The standard InChI is InChI=1S/C17H19BrClNO/c1-11-8-13(19)5-6-14(11)16(20-2)10-12-4-7-17(21-3)15(18)9-12/h4-9,16,20H,10H2,1-3H3. The van der Waals surface area contributed by atoms with Crippen molar-refractivity contribution in [2.24, 2.45) is 0 Å². The van der Waals surface area contributed by atoms with Crippen molar-refractivity contribution in [3.8, 4) is 5.75 Å². The van der Waals surface area contributed by atoms with Crippen LogP contribution in [0.25, 0.3) is 0 Å². The Balaban J connectivity index is 2.24. The van der Waals surface area contributed by atoms with E-state index in [1.807, 2.05) is 25.2 Å². The highest BCUT2D eigenvalue weighted by Gasteiger charge is 2.13. The summed E-state index contributed by atoms with van der Waals surface area (Å²) in [5.41, 5.74) is 3.72. The van der Waals surface area contributed by atoms with Crippen LogP contribution < -0.4 is 10.1 Å². The number of aryl methyl sites for hydroxylation is 1. The predicted octanol–water partition coefficient (Wildman–Crippen LogP) is 4.92. The maximum absolute atomic E-state index is 6.04. The van der Waals surface area contributed by atoms with E-state index in [9.17, 15) is 0 Å². The highest BCUT2D eigenvalue weighted by Crippen LogP contribution is 2.29. The lowest BCUT2D eigenvalue weighted by atomic mass is 9.95. The highest BCUT2D eigenvalue weighted by atomic mass is 79.9. The van der Waals surface area contributed by atoms with E-state index in [1.54, 1.807) is 7.11 Å². The maximum Gasteiger partial charge on any atom is 0.133 e. The minimum Gasteiger partial charge on any atom is -0.496 e. The number of nitrogens with one attached hydrogen (secondary N) is 1. The molecule has 0 radical (unpaired) electrons. The van der Waals surface area contributed by atoms with E-state index < -0.39 is 0 Å². The number of rotatable bonds is 5. The summed E-state index contributed by atoms with van der Waals surface area (Å²) in [6.45, 7) is 2.09. The van der Waals surface area contributed by atoms with Gasteiger partial charge in [0.15, 0.2) is 0 Å². The zero-order valence-electron chi connectivity index (χ0n) is 12.4. The Morgan fingerprint density at radius 1 is 1.24 bits per heavy atom. The zero-order chi connectivity index (χ0) is 15.4. The van der Waals surface area contributed by atoms with Gasteiger partial charge in [-0.15, -0.1) is 0 Å². The molecule has 2 nitrogen and oxygen atoms in total. The van der Waals surface area contributed by atoms with E-state index in [0.29, 0.717) is 0 Å². The number of hydrogen-bond acceptors (Lipinski definition) is 2. The summed E-state index contributed by atoms with van der Waals surface area (Å²) in [5, 5.41) is 4.16. The van der Waals surface area contributed by atoms with Crippen molar-refractivity contribution in [2.75, 3.05) is 14.2 Å². The van der Waals surface area contributed by atoms with Crippen LogP contribution in [0.3, 0.4) is 0 Å². The molecule has 0 heterocycles. The predicted molar refractivity (Wildman–Crippen MR) is 92.4 cm³/mol. The van der Waals surface area contributed by atoms with Gasteiger partial charge in [0.05, 0.1) is 11.6 Å². The van der Waals surface area contributed by atoms with Gasteiger partial charge >= 0.3 is 0 Å². The molecule has 2 aromatic rings. The largest absolute Gasteiger partial charge is 0.496 e. The van der Waals surface area contributed by atoms with Gasteiger partial charge in [0.2, 0.25) is 0 Å². The second-order valence-corrected chi connectivity index (χ2v) is 6.31. The first-order chi connectivity index (χ1) is 10.0. The molecule has 2 aromatic carbocycles. The van der Waals surface area contributed by atoms with Gasteiger partial charge in [0.25, 0.3) is 0 Å². The Bertz CT molecular complexity index is 630. The zero-order valence-corrected chi connectivity index (χ0v) is 14.8. The number of likely N-dealkylation sites (N-methyl/N-ethyl adjacent to an activating group) is 1. The van der Waals surface area contributed by atoms with Crippen LogP contribution in [0, 0.1) is 6.92 Å². The first-order valence-electron chi connectivity index (χ1n) is 6.81. The van der Waals surface area contributed by atoms with Gasteiger partial charge in [-0.05, 0) is 77.3 Å². The molecule has 1 atom stereocenters. The van der Waals surface area contributed by atoms with Crippen molar-refractivity contribution in [1.82, 2.24) is 5.32 Å². The minimum absolute atomic E-state index is 0.252. The number of benzene rings is 2. The fourth-order valence-corrected chi connectivity index (χ4v) is 3.28. The molecule has 0 aliphatic heterocycles. The summed E-state index contributed by atoms with van der Waals surface area (Å²) in [5.74, 6) is 0.849. The molecule has 4 heteroatoms. The van der Waals surface area contributed by atoms with Crippen LogP contribution >= 0.6 is 27.5 Å². The van der Waals surface area contributed by atoms with Crippen LogP contribution in [-0.2, 0) is 6.42 Å². The van der Waals surface area contributed by atoms with Crippen LogP contribution in [0.5, 0.6) is 5.75 Å². The van der Waals surface area contributed by atoms with Crippen LogP contribution in [0.1, 0.15) is 22.7 Å². The monoisotopic (exact) mass is 367 g/mol. The third-order valence-corrected chi connectivity index (χ3v) is 4.47. The van der Waals surface area contributed by atoms with Gasteiger partial charge in [-0.2, -0.15) is 0 Å². The van der Waals surface area contributed by atoms with E-state index in [4.69, 9.17) is 16.3 Å². The van der Waals surface area contributed by atoms with E-state index in [-0.39, 0.29) is 6.04 Å². The molecule has 0 spiro atoms. The Labute approximate surface area is 139 Å². The van der Waals surface area contributed by atoms with Gasteiger partial charge in [0.1, 0.15) is 5.75 Å². The highest BCUT2D eigenvalue weighted by molar-refractivity contribution is 9.10. The average Bonchev–Trinajstić information content (AvgIpc) is 2.45. The van der Waals surface area contributed by atoms with E-state index >= 15 is 0 Å². The summed E-state index contributed by atoms with van der Waals surface area (Å²) in [6.07, 6.45) is 0.904. The first-order valence-corrected chi connectivity index (χ1v) is 7.98. The smallest absolute Gasteiger partial charge is 0.133 e. The number of ether oxygens (including phenoxy) is 1. The lowest BCUT2D eigenvalue weighted by molar-refractivity contribution is 0.412. The van der Waals surface area contributed by atoms with Gasteiger partial charge in [0, 0.05) is 11.1 Å². The summed E-state index contributed by atoms with van der Waals surface area (Å²) in [4.78, 5) is 0. The molecule has 1 unspecified atom stereocenters. The average molecular weight is 369 g/mol. The number of halogens is 2. The Hall–Kier alpha value is -1.03. The lowest BCUT2D eigenvalue weighted by Gasteiger charge is -2.19. The normalized spacial score (nSPS) is 12.2. The van der Waals surface area contributed by atoms with Gasteiger partial charge in [-0.3, -0.25) is 0 Å². The fourth-order valence-electron chi connectivity index (χ4n) is 2.47. The van der Waals surface area contributed by atoms with Crippen molar-refractivity contribution in [3.05, 3.63) is 62.6 Å². The van der Waals surface area contributed by atoms with Crippen molar-refractivity contribution in [3.63, 3.8) is 0 Å². The van der Waals surface area contributed by atoms with E-state index in [1.165, 1.54) is 16.7 Å². The molecule has 0 aliphatic rings.